The molecule has 7 heteroatoms. The van der Waals surface area contributed by atoms with Gasteiger partial charge in [-0.2, -0.15) is 0 Å². The zero-order chi connectivity index (χ0) is 24.0. The lowest BCUT2D eigenvalue weighted by atomic mass is 9.43. The number of hydrogen-bond donors (Lipinski definition) is 2. The quantitative estimate of drug-likeness (QED) is 0.526. The first-order valence-corrected chi connectivity index (χ1v) is 12.7. The van der Waals surface area contributed by atoms with Gasteiger partial charge in [0.25, 0.3) is 12.9 Å². The Morgan fingerprint density at radius 2 is 1.79 bits per heavy atom. The lowest BCUT2D eigenvalue weighted by Gasteiger charge is -2.64. The number of hydrogen-bond acceptors (Lipinski definition) is 6. The number of carbonyl (C=O) groups excluding carboxylic acids is 2. The summed E-state index contributed by atoms with van der Waals surface area (Å²) < 4.78 is 11.6. The Hall–Kier alpha value is -1.63. The molecule has 7 nitrogen and oxygen atoms in total. The Labute approximate surface area is 196 Å². The normalized spacial score (nSPS) is 47.4. The second kappa shape index (κ2) is 9.20. The molecule has 0 radical (unpaired) electrons. The summed E-state index contributed by atoms with van der Waals surface area (Å²) in [7, 11) is 0. The van der Waals surface area contributed by atoms with Crippen LogP contribution in [0.5, 0.6) is 0 Å². The molecule has 0 aromatic rings. The van der Waals surface area contributed by atoms with Crippen molar-refractivity contribution < 1.29 is 34.1 Å². The molecule has 0 aromatic carbocycles. The molecular weight excluding hydrogens is 424 g/mol. The molecule has 0 spiro atoms. The molecule has 0 saturated heterocycles. The smallest absolute Gasteiger partial charge is 0.303 e. The minimum absolute atomic E-state index is 0.0193. The molecule has 4 rings (SSSR count). The van der Waals surface area contributed by atoms with Gasteiger partial charge in [0.15, 0.2) is 0 Å². The summed E-state index contributed by atoms with van der Waals surface area (Å²) in [5.41, 5.74) is -0.257. The predicted molar refractivity (Wildman–Crippen MR) is 120 cm³/mol. The molecule has 0 aliphatic heterocycles. The van der Waals surface area contributed by atoms with E-state index in [0.717, 1.165) is 44.9 Å². The number of carboxylic acid groups (broad SMARTS) is 1. The van der Waals surface area contributed by atoms with Gasteiger partial charge < -0.3 is 19.7 Å². The van der Waals surface area contributed by atoms with Crippen LogP contribution < -0.4 is 0 Å². The Kier molecular flexibility index (Phi) is 6.83. The average Bonchev–Trinajstić information content (AvgIpc) is 3.12. The van der Waals surface area contributed by atoms with Crippen LogP contribution in [0.1, 0.15) is 78.6 Å². The van der Waals surface area contributed by atoms with Crippen LogP contribution in [0, 0.1) is 46.3 Å². The Bertz CT molecular complexity index is 755. The molecule has 4 fully saturated rings. The summed E-state index contributed by atoms with van der Waals surface area (Å²) in [5.74, 6) is 0.644. The van der Waals surface area contributed by atoms with E-state index in [1.807, 2.05) is 0 Å². The van der Waals surface area contributed by atoms with Crippen molar-refractivity contribution in [3.05, 3.63) is 0 Å². The molecule has 33 heavy (non-hydrogen) atoms. The van der Waals surface area contributed by atoms with E-state index in [-0.39, 0.29) is 71.1 Å². The third-order valence-corrected chi connectivity index (χ3v) is 10.7. The van der Waals surface area contributed by atoms with Crippen molar-refractivity contribution in [3.8, 4) is 0 Å². The van der Waals surface area contributed by atoms with Gasteiger partial charge in [0.05, 0.1) is 6.10 Å². The molecule has 2 N–H and O–H groups in total. The summed E-state index contributed by atoms with van der Waals surface area (Å²) >= 11 is 0. The van der Waals surface area contributed by atoms with Crippen LogP contribution in [-0.4, -0.2) is 47.4 Å². The van der Waals surface area contributed by atoms with E-state index < -0.39 is 5.97 Å². The number of carboxylic acids is 1. The van der Waals surface area contributed by atoms with Crippen LogP contribution >= 0.6 is 0 Å². The van der Waals surface area contributed by atoms with E-state index >= 15 is 0 Å². The Morgan fingerprint density at radius 3 is 2.45 bits per heavy atom. The molecule has 0 unspecified atom stereocenters. The monoisotopic (exact) mass is 464 g/mol. The van der Waals surface area contributed by atoms with Gasteiger partial charge in [-0.1, -0.05) is 20.8 Å². The SMILES string of the molecule is C[C@@H](CCC(=O)O)[C@@H]1CC[C@@H]2[C@H]3[C@@H](OC=O)C[C@H]4C[C@@H](O)CC[C@@]4(C)[C@@H]3C[C@@H](OC=O)[C@]21C. The van der Waals surface area contributed by atoms with Crippen LogP contribution in [-0.2, 0) is 23.9 Å². The molecule has 0 heterocycles. The summed E-state index contributed by atoms with van der Waals surface area (Å²) in [6.45, 7) is 7.86. The highest BCUT2D eigenvalue weighted by Gasteiger charge is 2.67. The topological polar surface area (TPSA) is 110 Å². The van der Waals surface area contributed by atoms with E-state index in [2.05, 4.69) is 20.8 Å². The second-order valence-corrected chi connectivity index (χ2v) is 11.8. The first kappa shape index (κ1) is 24.5. The maximum Gasteiger partial charge on any atom is 0.303 e. The first-order chi connectivity index (χ1) is 15.7. The fourth-order valence-electron chi connectivity index (χ4n) is 9.12. The van der Waals surface area contributed by atoms with Gasteiger partial charge in [-0.05, 0) is 86.4 Å². The highest BCUT2D eigenvalue weighted by Crippen LogP contribution is 2.69. The molecule has 4 saturated carbocycles. The minimum Gasteiger partial charge on any atom is -0.481 e. The van der Waals surface area contributed by atoms with Crippen molar-refractivity contribution >= 4 is 18.9 Å². The van der Waals surface area contributed by atoms with Crippen molar-refractivity contribution in [3.63, 3.8) is 0 Å². The number of aliphatic hydroxyl groups is 1. The van der Waals surface area contributed by atoms with Gasteiger partial charge >= 0.3 is 5.97 Å². The molecule has 4 aliphatic rings. The predicted octanol–water partition coefficient (Wildman–Crippen LogP) is 3.81. The minimum atomic E-state index is -0.781. The van der Waals surface area contributed by atoms with Crippen molar-refractivity contribution in [2.24, 2.45) is 46.3 Å². The zero-order valence-electron chi connectivity index (χ0n) is 20.2. The summed E-state index contributed by atoms with van der Waals surface area (Å²) in [6.07, 6.45) is 5.92. The van der Waals surface area contributed by atoms with Crippen LogP contribution in [0.25, 0.3) is 0 Å². The number of carbonyl (C=O) groups is 3. The molecule has 0 bridgehead atoms. The molecule has 4 aliphatic carbocycles. The van der Waals surface area contributed by atoms with Gasteiger partial charge in [-0.25, -0.2) is 0 Å². The summed E-state index contributed by atoms with van der Waals surface area (Å²) in [6, 6.07) is 0. The fraction of sp³-hybridized carbons (Fsp3) is 0.885. The standard InChI is InChI=1S/C26H40O7/c1-15(4-7-23(30)31)18-5-6-19-24-20(12-22(33-14-28)26(18,19)3)25(2)9-8-17(29)10-16(25)11-21(24)32-13-27/h13-22,24,29H,4-12H2,1-3H3,(H,30,31)/t15-,16+,17-,18-,19+,20+,21-,22+,24+,25+,26-/m0/s1. The Morgan fingerprint density at radius 1 is 1.06 bits per heavy atom. The molecule has 186 valence electrons. The number of ether oxygens (including phenoxy) is 2. The third-order valence-electron chi connectivity index (χ3n) is 10.7. The first-order valence-electron chi connectivity index (χ1n) is 12.7. The summed E-state index contributed by atoms with van der Waals surface area (Å²) in [4.78, 5) is 34.3. The second-order valence-electron chi connectivity index (χ2n) is 11.8. The van der Waals surface area contributed by atoms with E-state index in [1.165, 1.54) is 0 Å². The van der Waals surface area contributed by atoms with Crippen molar-refractivity contribution in [2.75, 3.05) is 0 Å². The number of aliphatic hydroxyl groups excluding tert-OH is 1. The third kappa shape index (κ3) is 3.98. The van der Waals surface area contributed by atoms with Crippen molar-refractivity contribution in [1.82, 2.24) is 0 Å². The fourth-order valence-corrected chi connectivity index (χ4v) is 9.12. The highest BCUT2D eigenvalue weighted by atomic mass is 16.5. The number of rotatable bonds is 8. The van der Waals surface area contributed by atoms with E-state index in [1.54, 1.807) is 0 Å². The Balaban J connectivity index is 1.70. The van der Waals surface area contributed by atoms with Crippen LogP contribution in [0.4, 0.5) is 0 Å². The number of aliphatic carboxylic acids is 1. The van der Waals surface area contributed by atoms with Crippen molar-refractivity contribution in [1.29, 1.82) is 0 Å². The maximum absolute atomic E-state index is 11.6. The lowest BCUT2D eigenvalue weighted by Crippen LogP contribution is -2.63. The zero-order valence-corrected chi connectivity index (χ0v) is 20.2. The summed E-state index contributed by atoms with van der Waals surface area (Å²) in [5, 5.41) is 19.6. The van der Waals surface area contributed by atoms with E-state index in [0.29, 0.717) is 19.4 Å². The van der Waals surface area contributed by atoms with Gasteiger partial charge in [-0.3, -0.25) is 14.4 Å². The van der Waals surface area contributed by atoms with Crippen LogP contribution in [0.15, 0.2) is 0 Å². The molecule has 0 amide bonds. The van der Waals surface area contributed by atoms with E-state index in [9.17, 15) is 24.6 Å². The highest BCUT2D eigenvalue weighted by molar-refractivity contribution is 5.66. The molecular formula is C26H40O7. The average molecular weight is 465 g/mol. The molecule has 0 aromatic heterocycles. The maximum atomic E-state index is 11.6. The number of fused-ring (bicyclic) bond motifs is 5. The molecule has 11 atom stereocenters. The lowest BCUT2D eigenvalue weighted by molar-refractivity contribution is -0.217. The van der Waals surface area contributed by atoms with Crippen LogP contribution in [0.3, 0.4) is 0 Å². The van der Waals surface area contributed by atoms with Gasteiger partial charge in [-0.15, -0.1) is 0 Å². The van der Waals surface area contributed by atoms with Crippen LogP contribution in [0.2, 0.25) is 0 Å². The van der Waals surface area contributed by atoms with Gasteiger partial charge in [0, 0.05) is 17.8 Å². The van der Waals surface area contributed by atoms with Gasteiger partial charge in [0.1, 0.15) is 12.2 Å². The van der Waals surface area contributed by atoms with Gasteiger partial charge in [0.2, 0.25) is 0 Å². The van der Waals surface area contributed by atoms with E-state index in [4.69, 9.17) is 9.47 Å². The van der Waals surface area contributed by atoms with Crippen molar-refractivity contribution in [2.45, 2.75) is 96.9 Å². The largest absolute Gasteiger partial charge is 0.481 e.